The molecule has 2 aromatic rings. The molecule has 3 nitrogen and oxygen atoms in total. The zero-order valence-electron chi connectivity index (χ0n) is 12.6. The lowest BCUT2D eigenvalue weighted by atomic mass is 9.97. The van der Waals surface area contributed by atoms with Crippen molar-refractivity contribution in [2.45, 2.75) is 31.7 Å². The number of nitrogens with zero attached hydrogens (tertiary/aromatic N) is 1. The van der Waals surface area contributed by atoms with Gasteiger partial charge < -0.3 is 10.1 Å². The van der Waals surface area contributed by atoms with Crippen LogP contribution in [0.5, 0.6) is 0 Å². The van der Waals surface area contributed by atoms with Crippen LogP contribution in [0.2, 0.25) is 0 Å². The van der Waals surface area contributed by atoms with E-state index in [0.29, 0.717) is 6.61 Å². The van der Waals surface area contributed by atoms with Crippen molar-refractivity contribution < 1.29 is 4.74 Å². The molecule has 1 saturated carbocycles. The second kappa shape index (κ2) is 6.69. The first-order chi connectivity index (χ1) is 10.3. The summed E-state index contributed by atoms with van der Waals surface area (Å²) in [5.74, 6) is 0.744. The summed E-state index contributed by atoms with van der Waals surface area (Å²) in [5.41, 5.74) is 3.96. The van der Waals surface area contributed by atoms with E-state index in [1.807, 2.05) is 0 Å². The largest absolute Gasteiger partial charge is 0.383 e. The van der Waals surface area contributed by atoms with Crippen molar-refractivity contribution in [2.24, 2.45) is 0 Å². The van der Waals surface area contributed by atoms with Crippen LogP contribution in [0, 0.1) is 6.92 Å². The number of thiazole rings is 1. The molecule has 0 bridgehead atoms. The topological polar surface area (TPSA) is 34.1 Å². The number of hydrogen-bond donors (Lipinski definition) is 1. The van der Waals surface area contributed by atoms with Crippen molar-refractivity contribution in [3.8, 4) is 0 Å². The van der Waals surface area contributed by atoms with Crippen molar-refractivity contribution >= 4 is 11.3 Å². The Morgan fingerprint density at radius 3 is 2.86 bits per heavy atom. The molecular formula is C17H22N2OS. The fourth-order valence-corrected chi connectivity index (χ4v) is 3.57. The molecule has 112 valence electrons. The molecule has 21 heavy (non-hydrogen) atoms. The Balaban J connectivity index is 1.90. The number of hydrogen-bond acceptors (Lipinski definition) is 4. The van der Waals surface area contributed by atoms with Crippen molar-refractivity contribution in [1.29, 1.82) is 0 Å². The SMILES string of the molecule is COCCNC(c1nc(C)cs1)c1ccccc1C1CC1. The quantitative estimate of drug-likeness (QED) is 0.793. The molecule has 1 aromatic carbocycles. The molecule has 1 aliphatic carbocycles. The van der Waals surface area contributed by atoms with Gasteiger partial charge in [0.25, 0.3) is 0 Å². The first-order valence-corrected chi connectivity index (χ1v) is 8.40. The summed E-state index contributed by atoms with van der Waals surface area (Å²) in [4.78, 5) is 4.70. The predicted molar refractivity (Wildman–Crippen MR) is 87.0 cm³/mol. The molecular weight excluding hydrogens is 280 g/mol. The van der Waals surface area contributed by atoms with E-state index in [1.165, 1.54) is 24.0 Å². The van der Waals surface area contributed by atoms with Crippen LogP contribution in [0.4, 0.5) is 0 Å². The van der Waals surface area contributed by atoms with E-state index in [0.717, 1.165) is 23.2 Å². The summed E-state index contributed by atoms with van der Waals surface area (Å²) < 4.78 is 5.18. The highest BCUT2D eigenvalue weighted by atomic mass is 32.1. The third-order valence-electron chi connectivity index (χ3n) is 3.86. The Bertz CT molecular complexity index is 592. The average Bonchev–Trinajstić information content (AvgIpc) is 3.26. The smallest absolute Gasteiger partial charge is 0.114 e. The van der Waals surface area contributed by atoms with Crippen molar-refractivity contribution in [1.82, 2.24) is 10.3 Å². The third kappa shape index (κ3) is 3.51. The summed E-state index contributed by atoms with van der Waals surface area (Å²) in [5, 5.41) is 6.89. The van der Waals surface area contributed by atoms with Crippen LogP contribution in [0.1, 0.15) is 46.6 Å². The first kappa shape index (κ1) is 14.7. The van der Waals surface area contributed by atoms with E-state index in [1.54, 1.807) is 18.4 Å². The van der Waals surface area contributed by atoms with Crippen molar-refractivity contribution in [2.75, 3.05) is 20.3 Å². The molecule has 1 heterocycles. The Morgan fingerprint density at radius 1 is 1.38 bits per heavy atom. The van der Waals surface area contributed by atoms with Crippen LogP contribution < -0.4 is 5.32 Å². The molecule has 1 aliphatic rings. The van der Waals surface area contributed by atoms with Gasteiger partial charge in [-0.3, -0.25) is 0 Å². The second-order valence-corrected chi connectivity index (χ2v) is 6.50. The Hall–Kier alpha value is -1.23. The van der Waals surface area contributed by atoms with Crippen LogP contribution in [0.25, 0.3) is 0 Å². The molecule has 1 N–H and O–H groups in total. The highest BCUT2D eigenvalue weighted by Gasteiger charge is 2.29. The van der Waals surface area contributed by atoms with Gasteiger partial charge in [-0.1, -0.05) is 24.3 Å². The van der Waals surface area contributed by atoms with Gasteiger partial charge in [0.2, 0.25) is 0 Å². The van der Waals surface area contributed by atoms with Gasteiger partial charge in [0.05, 0.1) is 12.6 Å². The molecule has 3 rings (SSSR count). The molecule has 0 spiro atoms. The Morgan fingerprint density at radius 2 is 2.19 bits per heavy atom. The lowest BCUT2D eigenvalue weighted by molar-refractivity contribution is 0.197. The predicted octanol–water partition coefficient (Wildman–Crippen LogP) is 3.65. The highest BCUT2D eigenvalue weighted by Crippen LogP contribution is 2.44. The number of nitrogens with one attached hydrogen (secondary N) is 1. The number of ether oxygens (including phenoxy) is 1. The number of benzene rings is 1. The maximum absolute atomic E-state index is 5.18. The van der Waals surface area contributed by atoms with Crippen molar-refractivity contribution in [3.05, 3.63) is 51.5 Å². The van der Waals surface area contributed by atoms with Crippen LogP contribution in [-0.2, 0) is 4.74 Å². The second-order valence-electron chi connectivity index (χ2n) is 5.61. The molecule has 0 radical (unpaired) electrons. The van der Waals surface area contributed by atoms with Crippen LogP contribution in [-0.4, -0.2) is 25.2 Å². The van der Waals surface area contributed by atoms with Crippen LogP contribution >= 0.6 is 11.3 Å². The fraction of sp³-hybridized carbons (Fsp3) is 0.471. The molecule has 0 amide bonds. The third-order valence-corrected chi connectivity index (χ3v) is 4.89. The Kier molecular flexibility index (Phi) is 4.68. The minimum atomic E-state index is 0.177. The van der Waals surface area contributed by atoms with E-state index in [4.69, 9.17) is 9.72 Å². The Labute approximate surface area is 130 Å². The van der Waals surface area contributed by atoms with Gasteiger partial charge in [-0.15, -0.1) is 11.3 Å². The zero-order chi connectivity index (χ0) is 14.7. The van der Waals surface area contributed by atoms with E-state index in [9.17, 15) is 0 Å². The van der Waals surface area contributed by atoms with Crippen LogP contribution in [0.15, 0.2) is 29.6 Å². The number of aromatic nitrogens is 1. The monoisotopic (exact) mass is 302 g/mol. The minimum Gasteiger partial charge on any atom is -0.383 e. The summed E-state index contributed by atoms with van der Waals surface area (Å²) in [6, 6.07) is 8.98. The molecule has 4 heteroatoms. The first-order valence-electron chi connectivity index (χ1n) is 7.52. The van der Waals surface area contributed by atoms with E-state index >= 15 is 0 Å². The minimum absolute atomic E-state index is 0.177. The molecule has 1 atom stereocenters. The highest BCUT2D eigenvalue weighted by molar-refractivity contribution is 7.09. The molecule has 0 saturated heterocycles. The lowest BCUT2D eigenvalue weighted by Gasteiger charge is -2.20. The normalized spacial score (nSPS) is 16.1. The summed E-state index contributed by atoms with van der Waals surface area (Å²) in [6.45, 7) is 3.60. The molecule has 1 fully saturated rings. The average molecular weight is 302 g/mol. The zero-order valence-corrected chi connectivity index (χ0v) is 13.5. The van der Waals surface area contributed by atoms with Crippen LogP contribution in [0.3, 0.4) is 0 Å². The molecule has 1 unspecified atom stereocenters. The standard InChI is InChI=1S/C17H22N2OS/c1-12-11-21-17(19-12)16(18-9-10-20-2)15-6-4-3-5-14(15)13-7-8-13/h3-6,11,13,16,18H,7-10H2,1-2H3. The van der Waals surface area contributed by atoms with Gasteiger partial charge in [0.1, 0.15) is 5.01 Å². The van der Waals surface area contributed by atoms with E-state index in [-0.39, 0.29) is 6.04 Å². The van der Waals surface area contributed by atoms with Gasteiger partial charge in [0, 0.05) is 24.7 Å². The van der Waals surface area contributed by atoms with E-state index < -0.39 is 0 Å². The number of methoxy groups -OCH3 is 1. The number of aryl methyl sites for hydroxylation is 1. The molecule has 0 aliphatic heterocycles. The summed E-state index contributed by atoms with van der Waals surface area (Å²) in [6.07, 6.45) is 2.64. The fourth-order valence-electron chi connectivity index (χ4n) is 2.68. The van der Waals surface area contributed by atoms with Gasteiger partial charge in [0.15, 0.2) is 0 Å². The van der Waals surface area contributed by atoms with Gasteiger partial charge >= 0.3 is 0 Å². The lowest BCUT2D eigenvalue weighted by Crippen LogP contribution is -2.26. The maximum atomic E-state index is 5.18. The number of rotatable bonds is 7. The van der Waals surface area contributed by atoms with Gasteiger partial charge in [-0.25, -0.2) is 4.98 Å². The molecule has 1 aromatic heterocycles. The van der Waals surface area contributed by atoms with E-state index in [2.05, 4.69) is 41.9 Å². The van der Waals surface area contributed by atoms with Gasteiger partial charge in [-0.2, -0.15) is 0 Å². The van der Waals surface area contributed by atoms with Crippen molar-refractivity contribution in [3.63, 3.8) is 0 Å². The summed E-state index contributed by atoms with van der Waals surface area (Å²) in [7, 11) is 1.74. The maximum Gasteiger partial charge on any atom is 0.114 e. The van der Waals surface area contributed by atoms with Gasteiger partial charge in [-0.05, 0) is 36.8 Å². The summed E-state index contributed by atoms with van der Waals surface area (Å²) >= 11 is 1.74.